The first-order chi connectivity index (χ1) is 9.49. The number of aliphatic hydroxyl groups is 1. The third-order valence-electron chi connectivity index (χ3n) is 4.23. The van der Waals surface area contributed by atoms with Crippen molar-refractivity contribution < 1.29 is 5.11 Å². The number of nitrogens with two attached hydrogens (primary N) is 1. The van der Waals surface area contributed by atoms with Gasteiger partial charge >= 0.3 is 0 Å². The maximum Gasteiger partial charge on any atom is 0.111 e. The predicted molar refractivity (Wildman–Crippen MR) is 83.4 cm³/mol. The van der Waals surface area contributed by atoms with E-state index in [1.54, 1.807) is 0 Å². The molecule has 3 N–H and O–H groups in total. The molecule has 0 amide bonds. The first-order valence-corrected chi connectivity index (χ1v) is 7.10. The smallest absolute Gasteiger partial charge is 0.111 e. The molecule has 0 fully saturated rings. The highest BCUT2D eigenvalue weighted by Gasteiger charge is 2.44. The molecule has 2 unspecified atom stereocenters. The van der Waals surface area contributed by atoms with Crippen LogP contribution in [0.15, 0.2) is 60.7 Å². The van der Waals surface area contributed by atoms with Crippen LogP contribution in [0.4, 0.5) is 0 Å². The van der Waals surface area contributed by atoms with Crippen LogP contribution in [0.3, 0.4) is 0 Å². The van der Waals surface area contributed by atoms with Crippen molar-refractivity contribution in [2.45, 2.75) is 37.8 Å². The van der Waals surface area contributed by atoms with E-state index in [0.717, 1.165) is 11.1 Å². The standard InChI is InChI=1S/C18H23NO/c1-3-17(2,19)18(20,16-12-8-5-9-13-16)14-15-10-6-4-7-11-15/h4-13,20H,3,14,19H2,1-2H3. The summed E-state index contributed by atoms with van der Waals surface area (Å²) in [7, 11) is 0. The predicted octanol–water partition coefficient (Wildman–Crippen LogP) is 3.24. The summed E-state index contributed by atoms with van der Waals surface area (Å²) in [5, 5.41) is 11.3. The highest BCUT2D eigenvalue weighted by molar-refractivity contribution is 5.30. The van der Waals surface area contributed by atoms with E-state index in [9.17, 15) is 5.11 Å². The van der Waals surface area contributed by atoms with Crippen LogP contribution in [0.1, 0.15) is 31.4 Å². The fourth-order valence-electron chi connectivity index (χ4n) is 2.53. The summed E-state index contributed by atoms with van der Waals surface area (Å²) in [6, 6.07) is 19.7. The second-order valence-corrected chi connectivity index (χ2v) is 5.66. The minimum atomic E-state index is -1.08. The van der Waals surface area contributed by atoms with Crippen molar-refractivity contribution >= 4 is 0 Å². The van der Waals surface area contributed by atoms with Crippen molar-refractivity contribution in [3.63, 3.8) is 0 Å². The number of rotatable bonds is 5. The van der Waals surface area contributed by atoms with Gasteiger partial charge < -0.3 is 10.8 Å². The molecule has 0 aliphatic heterocycles. The van der Waals surface area contributed by atoms with Gasteiger partial charge in [0.25, 0.3) is 0 Å². The van der Waals surface area contributed by atoms with Crippen molar-refractivity contribution in [2.75, 3.05) is 0 Å². The van der Waals surface area contributed by atoms with E-state index in [2.05, 4.69) is 0 Å². The minimum Gasteiger partial charge on any atom is -0.383 e. The molecule has 0 aliphatic rings. The Bertz CT molecular complexity index is 536. The molecule has 106 valence electrons. The maximum atomic E-state index is 11.3. The molecule has 0 aliphatic carbocycles. The van der Waals surface area contributed by atoms with Crippen LogP contribution in [-0.4, -0.2) is 10.6 Å². The van der Waals surface area contributed by atoms with Crippen LogP contribution >= 0.6 is 0 Å². The van der Waals surface area contributed by atoms with Gasteiger partial charge in [0, 0.05) is 12.0 Å². The molecule has 0 aromatic heterocycles. The largest absolute Gasteiger partial charge is 0.383 e. The van der Waals surface area contributed by atoms with Gasteiger partial charge in [0.05, 0.1) is 0 Å². The van der Waals surface area contributed by atoms with Gasteiger partial charge in [-0.2, -0.15) is 0 Å². The molecule has 0 saturated carbocycles. The van der Waals surface area contributed by atoms with Gasteiger partial charge in [-0.3, -0.25) is 0 Å². The summed E-state index contributed by atoms with van der Waals surface area (Å²) in [6.07, 6.45) is 1.21. The van der Waals surface area contributed by atoms with Crippen molar-refractivity contribution in [3.8, 4) is 0 Å². The van der Waals surface area contributed by atoms with Crippen LogP contribution in [-0.2, 0) is 12.0 Å². The Morgan fingerprint density at radius 1 is 0.950 bits per heavy atom. The maximum absolute atomic E-state index is 11.3. The SMILES string of the molecule is CCC(C)(N)C(O)(Cc1ccccc1)c1ccccc1. The van der Waals surface area contributed by atoms with E-state index < -0.39 is 11.1 Å². The topological polar surface area (TPSA) is 46.2 Å². The molecule has 0 spiro atoms. The van der Waals surface area contributed by atoms with Gasteiger partial charge in [-0.05, 0) is 24.5 Å². The second kappa shape index (κ2) is 5.78. The Morgan fingerprint density at radius 2 is 1.45 bits per heavy atom. The molecular formula is C18H23NO. The van der Waals surface area contributed by atoms with E-state index in [1.807, 2.05) is 74.5 Å². The molecule has 20 heavy (non-hydrogen) atoms. The van der Waals surface area contributed by atoms with E-state index >= 15 is 0 Å². The van der Waals surface area contributed by atoms with Gasteiger partial charge in [0.2, 0.25) is 0 Å². The van der Waals surface area contributed by atoms with Gasteiger partial charge in [0.1, 0.15) is 5.60 Å². The molecule has 2 heteroatoms. The zero-order valence-electron chi connectivity index (χ0n) is 12.2. The molecule has 2 nitrogen and oxygen atoms in total. The fraction of sp³-hybridized carbons (Fsp3) is 0.333. The summed E-state index contributed by atoms with van der Waals surface area (Å²) < 4.78 is 0. The summed E-state index contributed by atoms with van der Waals surface area (Å²) in [6.45, 7) is 3.93. The van der Waals surface area contributed by atoms with Crippen LogP contribution in [0.2, 0.25) is 0 Å². The highest BCUT2D eigenvalue weighted by atomic mass is 16.3. The first kappa shape index (κ1) is 14.8. The minimum absolute atomic E-state index is 0.513. The molecule has 0 radical (unpaired) electrons. The van der Waals surface area contributed by atoms with Gasteiger partial charge in [-0.1, -0.05) is 67.6 Å². The normalized spacial score (nSPS) is 17.2. The molecule has 0 saturated heterocycles. The Labute approximate surface area is 121 Å². The van der Waals surface area contributed by atoms with Gasteiger partial charge in [-0.15, -0.1) is 0 Å². The quantitative estimate of drug-likeness (QED) is 0.875. The second-order valence-electron chi connectivity index (χ2n) is 5.66. The molecule has 0 bridgehead atoms. The summed E-state index contributed by atoms with van der Waals surface area (Å²) in [5.41, 5.74) is 6.61. The van der Waals surface area contributed by atoms with E-state index in [0.29, 0.717) is 12.8 Å². The Balaban J connectivity index is 2.45. The molecule has 0 heterocycles. The van der Waals surface area contributed by atoms with Gasteiger partial charge in [0.15, 0.2) is 0 Å². The van der Waals surface area contributed by atoms with Crippen LogP contribution < -0.4 is 5.73 Å². The lowest BCUT2D eigenvalue weighted by Gasteiger charge is -2.43. The lowest BCUT2D eigenvalue weighted by atomic mass is 9.71. The lowest BCUT2D eigenvalue weighted by molar-refractivity contribution is -0.0362. The zero-order chi connectivity index (χ0) is 14.6. The number of benzene rings is 2. The lowest BCUT2D eigenvalue weighted by Crippen LogP contribution is -2.57. The third kappa shape index (κ3) is 2.77. The molecule has 2 aromatic rings. The molecule has 2 rings (SSSR count). The summed E-state index contributed by atoms with van der Waals surface area (Å²) in [5.74, 6) is 0. The number of hydrogen-bond acceptors (Lipinski definition) is 2. The van der Waals surface area contributed by atoms with Crippen LogP contribution in [0.25, 0.3) is 0 Å². The highest BCUT2D eigenvalue weighted by Crippen LogP contribution is 2.36. The van der Waals surface area contributed by atoms with E-state index in [4.69, 9.17) is 5.73 Å². The Kier molecular flexibility index (Phi) is 4.26. The summed E-state index contributed by atoms with van der Waals surface area (Å²) in [4.78, 5) is 0. The average molecular weight is 269 g/mol. The van der Waals surface area contributed by atoms with E-state index in [1.165, 1.54) is 0 Å². The third-order valence-corrected chi connectivity index (χ3v) is 4.23. The number of hydrogen-bond donors (Lipinski definition) is 2. The monoisotopic (exact) mass is 269 g/mol. The molecule has 2 aromatic carbocycles. The van der Waals surface area contributed by atoms with E-state index in [-0.39, 0.29) is 0 Å². The Hall–Kier alpha value is -1.64. The van der Waals surface area contributed by atoms with Crippen molar-refractivity contribution in [1.82, 2.24) is 0 Å². The Morgan fingerprint density at radius 3 is 1.95 bits per heavy atom. The van der Waals surface area contributed by atoms with Crippen molar-refractivity contribution in [2.24, 2.45) is 5.73 Å². The fourth-order valence-corrected chi connectivity index (χ4v) is 2.53. The van der Waals surface area contributed by atoms with Crippen LogP contribution in [0, 0.1) is 0 Å². The summed E-state index contributed by atoms with van der Waals surface area (Å²) >= 11 is 0. The molecular weight excluding hydrogens is 246 g/mol. The van der Waals surface area contributed by atoms with Crippen LogP contribution in [0.5, 0.6) is 0 Å². The van der Waals surface area contributed by atoms with Gasteiger partial charge in [-0.25, -0.2) is 0 Å². The first-order valence-electron chi connectivity index (χ1n) is 7.10. The van der Waals surface area contributed by atoms with Crippen molar-refractivity contribution in [3.05, 3.63) is 71.8 Å². The average Bonchev–Trinajstić information content (AvgIpc) is 2.49. The van der Waals surface area contributed by atoms with Crippen molar-refractivity contribution in [1.29, 1.82) is 0 Å². The molecule has 2 atom stereocenters. The zero-order valence-corrected chi connectivity index (χ0v) is 12.2.